The van der Waals surface area contributed by atoms with Crippen molar-refractivity contribution < 1.29 is 9.59 Å². The van der Waals surface area contributed by atoms with E-state index in [4.69, 9.17) is 11.6 Å². The van der Waals surface area contributed by atoms with Crippen molar-refractivity contribution in [3.05, 3.63) is 29.2 Å². The van der Waals surface area contributed by atoms with E-state index in [2.05, 4.69) is 30.7 Å². The molecule has 3 aliphatic rings. The molecule has 8 nitrogen and oxygen atoms in total. The molecule has 5 rings (SSSR count). The number of halogens is 1. The molecule has 2 saturated carbocycles. The molecule has 1 aliphatic heterocycles. The van der Waals surface area contributed by atoms with Crippen molar-refractivity contribution >= 4 is 29.4 Å². The summed E-state index contributed by atoms with van der Waals surface area (Å²) in [6.45, 7) is 2.52. The molecule has 3 N–H and O–H groups in total. The Labute approximate surface area is 186 Å². The number of pyridine rings is 1. The standard InChI is InChI=1S/C22H27ClN6O2/c1-13(30)26-14-2-4-15(5-3-14)27-21(31)28-20-8-16(18(23)11-24-20)17-10-25-29-12-22(6-7-22)9-19(17)29/h8,10-11,14-15H,2-7,9,12H2,1H3,(H,26,30)(H2,24,27,28,31). The molecule has 0 unspecified atom stereocenters. The highest BCUT2D eigenvalue weighted by Crippen LogP contribution is 2.54. The van der Waals surface area contributed by atoms with Gasteiger partial charge in [0.2, 0.25) is 5.91 Å². The van der Waals surface area contributed by atoms with Gasteiger partial charge in [-0.05, 0) is 56.4 Å². The fourth-order valence-corrected chi connectivity index (χ4v) is 5.12. The van der Waals surface area contributed by atoms with Crippen molar-refractivity contribution in [1.29, 1.82) is 0 Å². The molecule has 1 spiro atoms. The van der Waals surface area contributed by atoms with Gasteiger partial charge in [-0.25, -0.2) is 9.78 Å². The lowest BCUT2D eigenvalue weighted by atomic mass is 9.91. The quantitative estimate of drug-likeness (QED) is 0.674. The lowest BCUT2D eigenvalue weighted by molar-refractivity contribution is -0.119. The third-order valence-electron chi connectivity index (χ3n) is 6.79. The zero-order chi connectivity index (χ0) is 21.6. The molecule has 2 aliphatic carbocycles. The van der Waals surface area contributed by atoms with E-state index in [1.54, 1.807) is 6.20 Å². The molecule has 3 heterocycles. The Kier molecular flexibility index (Phi) is 5.12. The van der Waals surface area contributed by atoms with Crippen LogP contribution in [0.15, 0.2) is 18.5 Å². The van der Waals surface area contributed by atoms with Crippen LogP contribution in [0.1, 0.15) is 51.1 Å². The predicted molar refractivity (Wildman–Crippen MR) is 118 cm³/mol. The number of carbonyl (C=O) groups is 2. The van der Waals surface area contributed by atoms with Crippen molar-refractivity contribution in [1.82, 2.24) is 25.4 Å². The lowest BCUT2D eigenvalue weighted by Crippen LogP contribution is -2.44. The van der Waals surface area contributed by atoms with Crippen molar-refractivity contribution in [3.8, 4) is 11.1 Å². The fourth-order valence-electron chi connectivity index (χ4n) is 4.92. The Morgan fingerprint density at radius 2 is 1.81 bits per heavy atom. The number of fused-ring (bicyclic) bond motifs is 1. The number of hydrogen-bond acceptors (Lipinski definition) is 4. The summed E-state index contributed by atoms with van der Waals surface area (Å²) in [5, 5.41) is 13.9. The van der Waals surface area contributed by atoms with Crippen molar-refractivity contribution in [2.75, 3.05) is 5.32 Å². The molecule has 164 valence electrons. The van der Waals surface area contributed by atoms with Gasteiger partial charge in [-0.15, -0.1) is 0 Å². The zero-order valence-electron chi connectivity index (χ0n) is 17.6. The minimum Gasteiger partial charge on any atom is -0.354 e. The second-order valence-corrected chi connectivity index (χ2v) is 9.64. The third kappa shape index (κ3) is 4.26. The summed E-state index contributed by atoms with van der Waals surface area (Å²) in [6, 6.07) is 1.84. The lowest BCUT2D eigenvalue weighted by Gasteiger charge is -2.29. The SMILES string of the molecule is CC(=O)NC1CCC(NC(=O)Nc2cc(-c3cnn4c3CC3(CC3)C4)c(Cl)cn2)CC1. The van der Waals surface area contributed by atoms with Crippen LogP contribution in [0.2, 0.25) is 5.02 Å². The van der Waals surface area contributed by atoms with Gasteiger partial charge in [-0.3, -0.25) is 14.8 Å². The number of rotatable bonds is 4. The minimum atomic E-state index is -0.277. The maximum Gasteiger partial charge on any atom is 0.320 e. The predicted octanol–water partition coefficient (Wildman–Crippen LogP) is 3.50. The highest BCUT2D eigenvalue weighted by atomic mass is 35.5. The van der Waals surface area contributed by atoms with Crippen molar-refractivity contribution in [3.63, 3.8) is 0 Å². The molecular weight excluding hydrogens is 416 g/mol. The van der Waals surface area contributed by atoms with E-state index in [0.29, 0.717) is 16.3 Å². The first-order valence-electron chi connectivity index (χ1n) is 11.0. The topological polar surface area (TPSA) is 101 Å². The summed E-state index contributed by atoms with van der Waals surface area (Å²) in [5.74, 6) is 0.457. The van der Waals surface area contributed by atoms with Gasteiger partial charge in [0.05, 0.1) is 11.2 Å². The van der Waals surface area contributed by atoms with E-state index >= 15 is 0 Å². The second kappa shape index (κ2) is 7.82. The second-order valence-electron chi connectivity index (χ2n) is 9.24. The summed E-state index contributed by atoms with van der Waals surface area (Å²) in [4.78, 5) is 28.0. The van der Waals surface area contributed by atoms with Crippen LogP contribution in [0.4, 0.5) is 10.6 Å². The first kappa shape index (κ1) is 20.3. The van der Waals surface area contributed by atoms with Gasteiger partial charge >= 0.3 is 6.03 Å². The Morgan fingerprint density at radius 1 is 1.10 bits per heavy atom. The highest BCUT2D eigenvalue weighted by molar-refractivity contribution is 6.33. The average molecular weight is 443 g/mol. The van der Waals surface area contributed by atoms with E-state index in [9.17, 15) is 9.59 Å². The van der Waals surface area contributed by atoms with Crippen LogP contribution >= 0.6 is 11.6 Å². The molecule has 3 amide bonds. The van der Waals surface area contributed by atoms with Crippen LogP contribution in [0.3, 0.4) is 0 Å². The number of anilines is 1. The first-order chi connectivity index (χ1) is 14.9. The molecule has 31 heavy (non-hydrogen) atoms. The number of urea groups is 1. The van der Waals surface area contributed by atoms with Gasteiger partial charge in [0.15, 0.2) is 0 Å². The molecule has 0 bridgehead atoms. The fraction of sp³-hybridized carbons (Fsp3) is 0.545. The third-order valence-corrected chi connectivity index (χ3v) is 7.09. The van der Waals surface area contributed by atoms with Crippen LogP contribution in [0.25, 0.3) is 11.1 Å². The Bertz CT molecular complexity index is 1020. The normalized spacial score (nSPS) is 23.3. The zero-order valence-corrected chi connectivity index (χ0v) is 18.3. The monoisotopic (exact) mass is 442 g/mol. The van der Waals surface area contributed by atoms with E-state index in [1.807, 2.05) is 12.3 Å². The van der Waals surface area contributed by atoms with Gasteiger partial charge in [0.25, 0.3) is 0 Å². The van der Waals surface area contributed by atoms with Crippen LogP contribution in [-0.4, -0.2) is 38.8 Å². The van der Waals surface area contributed by atoms with Crippen LogP contribution in [-0.2, 0) is 17.8 Å². The Hall–Kier alpha value is -2.61. The highest BCUT2D eigenvalue weighted by Gasteiger charge is 2.48. The smallest absolute Gasteiger partial charge is 0.320 e. The molecule has 0 atom stereocenters. The molecule has 2 fully saturated rings. The van der Waals surface area contributed by atoms with Gasteiger partial charge in [0, 0.05) is 48.6 Å². The van der Waals surface area contributed by atoms with Crippen LogP contribution in [0.5, 0.6) is 0 Å². The van der Waals surface area contributed by atoms with Crippen molar-refractivity contribution in [2.45, 2.75) is 70.5 Å². The van der Waals surface area contributed by atoms with Crippen LogP contribution < -0.4 is 16.0 Å². The number of hydrogen-bond donors (Lipinski definition) is 3. The Morgan fingerprint density at radius 3 is 2.48 bits per heavy atom. The Balaban J connectivity index is 1.22. The number of carbonyl (C=O) groups excluding carboxylic acids is 2. The first-order valence-corrected chi connectivity index (χ1v) is 11.3. The summed E-state index contributed by atoms with van der Waals surface area (Å²) in [5.41, 5.74) is 3.51. The van der Waals surface area contributed by atoms with Crippen LogP contribution in [0, 0.1) is 5.41 Å². The van der Waals surface area contributed by atoms with Gasteiger partial charge in [0.1, 0.15) is 5.82 Å². The van der Waals surface area contributed by atoms with E-state index in [1.165, 1.54) is 25.5 Å². The van der Waals surface area contributed by atoms with Crippen molar-refractivity contribution in [2.24, 2.45) is 5.41 Å². The summed E-state index contributed by atoms with van der Waals surface area (Å²) < 4.78 is 2.09. The summed E-state index contributed by atoms with van der Waals surface area (Å²) >= 11 is 6.46. The number of nitrogens with zero attached hydrogens (tertiary/aromatic N) is 3. The molecular formula is C22H27ClN6O2. The molecule has 2 aromatic rings. The van der Waals surface area contributed by atoms with E-state index in [-0.39, 0.29) is 24.0 Å². The largest absolute Gasteiger partial charge is 0.354 e. The molecule has 2 aromatic heterocycles. The average Bonchev–Trinajstić information content (AvgIpc) is 3.22. The van der Waals surface area contributed by atoms with Gasteiger partial charge < -0.3 is 10.6 Å². The molecule has 0 radical (unpaired) electrons. The molecule has 9 heteroatoms. The summed E-state index contributed by atoms with van der Waals surface area (Å²) in [6.07, 6.45) is 10.4. The maximum absolute atomic E-state index is 12.5. The van der Waals surface area contributed by atoms with E-state index in [0.717, 1.165) is 49.8 Å². The number of amides is 3. The van der Waals surface area contributed by atoms with E-state index < -0.39 is 0 Å². The molecule has 0 saturated heterocycles. The number of aromatic nitrogens is 3. The van der Waals surface area contributed by atoms with Gasteiger partial charge in [-0.1, -0.05) is 11.6 Å². The molecule has 0 aromatic carbocycles. The van der Waals surface area contributed by atoms with Gasteiger partial charge in [-0.2, -0.15) is 5.10 Å². The minimum absolute atomic E-state index is 0.00450. The summed E-state index contributed by atoms with van der Waals surface area (Å²) in [7, 11) is 0. The number of nitrogens with one attached hydrogen (secondary N) is 3. The maximum atomic E-state index is 12.5.